The fourth-order valence-corrected chi connectivity index (χ4v) is 5.71. The van der Waals surface area contributed by atoms with Gasteiger partial charge in [0.15, 0.2) is 28.8 Å². The smallest absolute Gasteiger partial charge is 0.283 e. The number of rotatable bonds is 11. The highest BCUT2D eigenvalue weighted by Crippen LogP contribution is 2.38. The molecule has 0 saturated carbocycles. The van der Waals surface area contributed by atoms with Crippen molar-refractivity contribution in [1.29, 1.82) is 5.41 Å². The Bertz CT molecular complexity index is 1640. The van der Waals surface area contributed by atoms with E-state index in [1.165, 1.54) is 23.9 Å². The van der Waals surface area contributed by atoms with Crippen LogP contribution in [0.5, 0.6) is 23.0 Å². The van der Waals surface area contributed by atoms with Crippen LogP contribution in [-0.2, 0) is 11.2 Å². The van der Waals surface area contributed by atoms with Crippen LogP contribution in [0.15, 0.2) is 93.5 Å². The minimum absolute atomic E-state index is 0.0519. The van der Waals surface area contributed by atoms with Crippen molar-refractivity contribution in [3.8, 4) is 23.0 Å². The number of methoxy groups -OCH3 is 2. The topological polar surface area (TPSA) is 106 Å². The maximum Gasteiger partial charge on any atom is 0.283 e. The molecule has 2 aliphatic heterocycles. The van der Waals surface area contributed by atoms with Gasteiger partial charge in [0.25, 0.3) is 5.91 Å². The van der Waals surface area contributed by atoms with Crippen LogP contribution in [-0.4, -0.2) is 54.4 Å². The first-order chi connectivity index (χ1) is 20.4. The fourth-order valence-electron chi connectivity index (χ4n) is 4.24. The average molecular weight is 648 g/mol. The number of hydrazone groups is 1. The van der Waals surface area contributed by atoms with Crippen LogP contribution in [0.25, 0.3) is 6.08 Å². The Labute approximate surface area is 256 Å². The molecule has 42 heavy (non-hydrogen) atoms. The number of halogens is 1. The fraction of sp³-hybridized carbons (Fsp3) is 0.161. The molecule has 0 unspecified atom stereocenters. The molecule has 0 radical (unpaired) electrons. The first kappa shape index (κ1) is 29.2. The van der Waals surface area contributed by atoms with Gasteiger partial charge in [-0.3, -0.25) is 10.2 Å². The number of allylic oxidation sites excluding steroid dienone is 1. The second-order valence-electron chi connectivity index (χ2n) is 9.00. The minimum atomic E-state index is -0.510. The molecule has 9 nitrogen and oxygen atoms in total. The summed E-state index contributed by atoms with van der Waals surface area (Å²) in [5, 5.41) is 15.6. The van der Waals surface area contributed by atoms with Gasteiger partial charge in [-0.15, -0.1) is 6.58 Å². The molecular weight excluding hydrogens is 620 g/mol. The number of nitrogens with one attached hydrogen (secondary N) is 1. The molecule has 214 valence electrons. The van der Waals surface area contributed by atoms with Crippen molar-refractivity contribution in [3.05, 3.63) is 100 Å². The minimum Gasteiger partial charge on any atom is -0.493 e. The number of benzene rings is 3. The van der Waals surface area contributed by atoms with Crippen LogP contribution in [0.1, 0.15) is 16.7 Å². The lowest BCUT2D eigenvalue weighted by molar-refractivity contribution is -0.114. The molecule has 1 N–H and O–H groups in total. The predicted molar refractivity (Wildman–Crippen MR) is 169 cm³/mol. The number of fused-ring (bicyclic) bond motifs is 1. The number of carbonyl (C=O) groups is 1. The van der Waals surface area contributed by atoms with E-state index in [-0.39, 0.29) is 24.6 Å². The normalized spacial score (nSPS) is 15.2. The van der Waals surface area contributed by atoms with Gasteiger partial charge in [-0.2, -0.15) is 15.1 Å². The van der Waals surface area contributed by atoms with Gasteiger partial charge >= 0.3 is 0 Å². The van der Waals surface area contributed by atoms with Crippen LogP contribution in [0.2, 0.25) is 0 Å². The Balaban J connectivity index is 1.29. The number of hydrogen-bond acceptors (Lipinski definition) is 8. The number of aliphatic imine (C=N–C) groups is 1. The summed E-state index contributed by atoms with van der Waals surface area (Å²) in [6.45, 7) is 4.27. The largest absolute Gasteiger partial charge is 0.493 e. The van der Waals surface area contributed by atoms with Crippen LogP contribution < -0.4 is 18.9 Å². The number of ether oxygens (including phenoxy) is 4. The Kier molecular flexibility index (Phi) is 9.09. The summed E-state index contributed by atoms with van der Waals surface area (Å²) < 4.78 is 23.5. The third-order valence-electron chi connectivity index (χ3n) is 6.23. The summed E-state index contributed by atoms with van der Waals surface area (Å²) in [5.74, 6) is 1.62. The molecule has 0 bridgehead atoms. The molecule has 0 atom stereocenters. The molecule has 0 saturated heterocycles. The van der Waals surface area contributed by atoms with Gasteiger partial charge in [-0.05, 0) is 75.6 Å². The molecule has 0 aliphatic carbocycles. The molecule has 0 spiro atoms. The van der Waals surface area contributed by atoms with Crippen molar-refractivity contribution in [1.82, 2.24) is 5.01 Å². The maximum absolute atomic E-state index is 12.9. The molecule has 0 aromatic heterocycles. The second-order valence-corrected chi connectivity index (χ2v) is 10.8. The van der Waals surface area contributed by atoms with Gasteiger partial charge in [0.05, 0.1) is 24.3 Å². The third-order valence-corrected chi connectivity index (χ3v) is 7.78. The molecule has 11 heteroatoms. The van der Waals surface area contributed by atoms with Crippen molar-refractivity contribution in [3.63, 3.8) is 0 Å². The number of nitrogens with zero attached hydrogens (tertiary/aromatic N) is 3. The lowest BCUT2D eigenvalue weighted by Gasteiger charge is -2.20. The van der Waals surface area contributed by atoms with Crippen molar-refractivity contribution in [2.45, 2.75) is 6.42 Å². The monoisotopic (exact) mass is 646 g/mol. The van der Waals surface area contributed by atoms with Crippen LogP contribution in [0.4, 0.5) is 0 Å². The number of hydrogen-bond donors (Lipinski definition) is 1. The highest BCUT2D eigenvalue weighted by Gasteiger charge is 2.36. The summed E-state index contributed by atoms with van der Waals surface area (Å²) in [5.41, 5.74) is 2.70. The molecule has 2 heterocycles. The average Bonchev–Trinajstić information content (AvgIpc) is 3.43. The van der Waals surface area contributed by atoms with Gasteiger partial charge in [-0.25, -0.2) is 0 Å². The third kappa shape index (κ3) is 6.27. The first-order valence-corrected chi connectivity index (χ1v) is 14.5. The Morgan fingerprint density at radius 3 is 2.50 bits per heavy atom. The Morgan fingerprint density at radius 1 is 1.00 bits per heavy atom. The van der Waals surface area contributed by atoms with E-state index in [0.29, 0.717) is 43.2 Å². The molecular formula is C31H27BrN4O5S. The number of amides is 1. The van der Waals surface area contributed by atoms with Gasteiger partial charge in [-0.1, -0.05) is 42.5 Å². The van der Waals surface area contributed by atoms with Crippen molar-refractivity contribution in [2.24, 2.45) is 10.1 Å². The van der Waals surface area contributed by atoms with Gasteiger partial charge in [0.1, 0.15) is 18.3 Å². The Hall–Kier alpha value is -4.35. The molecule has 5 rings (SSSR count). The summed E-state index contributed by atoms with van der Waals surface area (Å²) in [6.07, 6.45) is 4.16. The number of amidine groups is 2. The Morgan fingerprint density at radius 2 is 1.76 bits per heavy atom. The number of thioether (sulfide) groups is 1. The van der Waals surface area contributed by atoms with Gasteiger partial charge in [0, 0.05) is 5.56 Å². The first-order valence-electron chi connectivity index (χ1n) is 12.9. The molecule has 1 amide bonds. The molecule has 0 fully saturated rings. The summed E-state index contributed by atoms with van der Waals surface area (Å²) in [6, 6.07) is 18.8. The van der Waals surface area contributed by atoms with E-state index in [1.54, 1.807) is 25.3 Å². The van der Waals surface area contributed by atoms with E-state index in [2.05, 4.69) is 32.6 Å². The quantitative estimate of drug-likeness (QED) is 0.148. The second kappa shape index (κ2) is 13.1. The van der Waals surface area contributed by atoms with E-state index in [0.717, 1.165) is 17.5 Å². The van der Waals surface area contributed by atoms with E-state index in [4.69, 9.17) is 24.4 Å². The molecule has 3 aromatic rings. The molecule has 2 aliphatic rings. The van der Waals surface area contributed by atoms with E-state index in [9.17, 15) is 4.79 Å². The summed E-state index contributed by atoms with van der Waals surface area (Å²) in [4.78, 5) is 17.1. The highest BCUT2D eigenvalue weighted by molar-refractivity contribution is 9.10. The standard InChI is InChI=1S/C31H27BrN4O5S/c1-4-8-19-11-12-24(25(17-19)38-2)40-13-14-41-27-23(32)16-20(18-26(27)39-3)15-22-28(33)36-31(34-29(22)37)42-30(35-36)21-9-6-5-7-10-21/h4-7,9-12,15-18,33H,1,8,13-14H2,2-3H3/b22-15-,33-28?. The number of carbonyl (C=O) groups excluding carboxylic acids is 1. The van der Waals surface area contributed by atoms with Crippen LogP contribution in [0.3, 0.4) is 0 Å². The highest BCUT2D eigenvalue weighted by atomic mass is 79.9. The van der Waals surface area contributed by atoms with E-state index < -0.39 is 5.91 Å². The van der Waals surface area contributed by atoms with Gasteiger partial charge < -0.3 is 18.9 Å². The van der Waals surface area contributed by atoms with Crippen molar-refractivity contribution < 1.29 is 23.7 Å². The zero-order chi connectivity index (χ0) is 29.6. The maximum atomic E-state index is 12.9. The van der Waals surface area contributed by atoms with E-state index >= 15 is 0 Å². The van der Waals surface area contributed by atoms with Crippen LogP contribution in [0, 0.1) is 5.41 Å². The van der Waals surface area contributed by atoms with Crippen molar-refractivity contribution in [2.75, 3.05) is 27.4 Å². The zero-order valence-electron chi connectivity index (χ0n) is 22.9. The predicted octanol–water partition coefficient (Wildman–Crippen LogP) is 6.32. The van der Waals surface area contributed by atoms with Crippen LogP contribution >= 0.6 is 27.7 Å². The lowest BCUT2D eigenvalue weighted by Crippen LogP contribution is -2.35. The lowest BCUT2D eigenvalue weighted by atomic mass is 10.1. The van der Waals surface area contributed by atoms with Gasteiger partial charge in [0.2, 0.25) is 5.17 Å². The summed E-state index contributed by atoms with van der Waals surface area (Å²) >= 11 is 4.81. The zero-order valence-corrected chi connectivity index (χ0v) is 25.3. The van der Waals surface area contributed by atoms with E-state index in [1.807, 2.05) is 54.6 Å². The summed E-state index contributed by atoms with van der Waals surface area (Å²) in [7, 11) is 3.13. The molecule has 3 aromatic carbocycles. The SMILES string of the molecule is C=CCc1ccc(OCCOc2c(Br)cc(/C=C3/C(=N)N4N=C(c5ccccc5)SC4=NC3=O)cc2OC)c(OC)c1. The van der Waals surface area contributed by atoms with Crippen molar-refractivity contribution >= 4 is 55.7 Å².